The lowest BCUT2D eigenvalue weighted by Crippen LogP contribution is -2.17. The molecule has 1 aromatic heterocycles. The smallest absolute Gasteiger partial charge is 0.406 e. The van der Waals surface area contributed by atoms with E-state index in [0.717, 1.165) is 23.0 Å². The number of hydrogen-bond acceptors (Lipinski definition) is 5. The zero-order valence-electron chi connectivity index (χ0n) is 14.5. The van der Waals surface area contributed by atoms with Gasteiger partial charge in [-0.3, -0.25) is 4.79 Å². The molecule has 0 aliphatic carbocycles. The Bertz CT molecular complexity index is 774. The molecular formula is C17H18F3N3O2S. The Kier molecular flexibility index (Phi) is 6.47. The Morgan fingerprint density at radius 3 is 2.46 bits per heavy atom. The van der Waals surface area contributed by atoms with Crippen LogP contribution < -0.4 is 10.1 Å². The van der Waals surface area contributed by atoms with Crippen molar-refractivity contribution in [3.8, 4) is 5.75 Å². The van der Waals surface area contributed by atoms with Gasteiger partial charge in [0.15, 0.2) is 5.16 Å². The Morgan fingerprint density at radius 1 is 1.23 bits per heavy atom. The van der Waals surface area contributed by atoms with Gasteiger partial charge >= 0.3 is 6.36 Å². The summed E-state index contributed by atoms with van der Waals surface area (Å²) >= 11 is 1.44. The number of anilines is 1. The van der Waals surface area contributed by atoms with E-state index in [1.807, 2.05) is 20.1 Å². The minimum atomic E-state index is -4.78. The van der Waals surface area contributed by atoms with Gasteiger partial charge in [0.25, 0.3) is 0 Å². The van der Waals surface area contributed by atoms with Gasteiger partial charge < -0.3 is 10.1 Å². The van der Waals surface area contributed by atoms with E-state index in [-0.39, 0.29) is 23.8 Å². The SMILES string of the molecule is CSc1nc(C)c(CCC(=O)Nc2cccc(OC(F)(F)F)c2)c(C)n1. The maximum atomic E-state index is 12.3. The van der Waals surface area contributed by atoms with Crippen LogP contribution in [0.15, 0.2) is 29.4 Å². The summed E-state index contributed by atoms with van der Waals surface area (Å²) in [4.78, 5) is 20.8. The molecule has 5 nitrogen and oxygen atoms in total. The van der Waals surface area contributed by atoms with Crippen molar-refractivity contribution in [3.63, 3.8) is 0 Å². The van der Waals surface area contributed by atoms with Gasteiger partial charge in [0.2, 0.25) is 5.91 Å². The highest BCUT2D eigenvalue weighted by atomic mass is 32.2. The highest BCUT2D eigenvalue weighted by Crippen LogP contribution is 2.25. The van der Waals surface area contributed by atoms with Crippen molar-refractivity contribution in [2.45, 2.75) is 38.2 Å². The van der Waals surface area contributed by atoms with E-state index in [1.165, 1.54) is 30.0 Å². The van der Waals surface area contributed by atoms with Crippen molar-refractivity contribution in [2.75, 3.05) is 11.6 Å². The Morgan fingerprint density at radius 2 is 1.88 bits per heavy atom. The summed E-state index contributed by atoms with van der Waals surface area (Å²) in [5.41, 5.74) is 2.76. The van der Waals surface area contributed by atoms with Crippen LogP contribution in [0.5, 0.6) is 5.75 Å². The number of aryl methyl sites for hydroxylation is 2. The Labute approximate surface area is 153 Å². The first-order valence-corrected chi connectivity index (χ1v) is 8.94. The first-order valence-electron chi connectivity index (χ1n) is 7.71. The Hall–Kier alpha value is -2.29. The van der Waals surface area contributed by atoms with Gasteiger partial charge in [0, 0.05) is 29.6 Å². The van der Waals surface area contributed by atoms with E-state index in [1.54, 1.807) is 0 Å². The van der Waals surface area contributed by atoms with Crippen molar-refractivity contribution in [1.29, 1.82) is 0 Å². The average molecular weight is 385 g/mol. The molecule has 1 aromatic carbocycles. The minimum Gasteiger partial charge on any atom is -0.406 e. The molecule has 26 heavy (non-hydrogen) atoms. The molecule has 0 saturated carbocycles. The average Bonchev–Trinajstić information content (AvgIpc) is 2.52. The first kappa shape index (κ1) is 20.0. The Balaban J connectivity index is 1.99. The van der Waals surface area contributed by atoms with E-state index in [0.29, 0.717) is 11.6 Å². The van der Waals surface area contributed by atoms with Crippen LogP contribution in [-0.2, 0) is 11.2 Å². The van der Waals surface area contributed by atoms with Crippen LogP contribution in [0.2, 0.25) is 0 Å². The van der Waals surface area contributed by atoms with Gasteiger partial charge in [0.1, 0.15) is 5.75 Å². The van der Waals surface area contributed by atoms with Gasteiger partial charge in [-0.15, -0.1) is 13.2 Å². The van der Waals surface area contributed by atoms with Gasteiger partial charge in [-0.25, -0.2) is 9.97 Å². The van der Waals surface area contributed by atoms with Crippen molar-refractivity contribution in [1.82, 2.24) is 9.97 Å². The molecule has 0 spiro atoms. The highest BCUT2D eigenvalue weighted by Gasteiger charge is 2.31. The second-order valence-corrected chi connectivity index (χ2v) is 6.26. The molecule has 2 rings (SSSR count). The largest absolute Gasteiger partial charge is 0.573 e. The van der Waals surface area contributed by atoms with Gasteiger partial charge in [0.05, 0.1) is 0 Å². The topological polar surface area (TPSA) is 64.1 Å². The zero-order valence-corrected chi connectivity index (χ0v) is 15.3. The van der Waals surface area contributed by atoms with Crippen LogP contribution in [0.3, 0.4) is 0 Å². The number of carbonyl (C=O) groups is 1. The third kappa shape index (κ3) is 5.91. The molecular weight excluding hydrogens is 367 g/mol. The number of nitrogens with zero attached hydrogens (tertiary/aromatic N) is 2. The maximum Gasteiger partial charge on any atom is 0.573 e. The van der Waals surface area contributed by atoms with Gasteiger partial charge in [-0.2, -0.15) is 0 Å². The third-order valence-electron chi connectivity index (χ3n) is 3.54. The molecule has 1 N–H and O–H groups in total. The van der Waals surface area contributed by atoms with Crippen LogP contribution in [-0.4, -0.2) is 28.5 Å². The lowest BCUT2D eigenvalue weighted by molar-refractivity contribution is -0.274. The number of alkyl halides is 3. The first-order chi connectivity index (χ1) is 12.2. The van der Waals surface area contributed by atoms with Crippen molar-refractivity contribution < 1.29 is 22.7 Å². The summed E-state index contributed by atoms with van der Waals surface area (Å²) < 4.78 is 40.6. The molecule has 0 aliphatic rings. The number of benzene rings is 1. The molecule has 0 fully saturated rings. The monoisotopic (exact) mass is 385 g/mol. The second-order valence-electron chi connectivity index (χ2n) is 5.48. The molecule has 1 amide bonds. The molecule has 0 atom stereocenters. The zero-order chi connectivity index (χ0) is 19.3. The summed E-state index contributed by atoms with van der Waals surface area (Å²) in [6.45, 7) is 3.72. The molecule has 0 bridgehead atoms. The number of thioether (sulfide) groups is 1. The van der Waals surface area contributed by atoms with Crippen molar-refractivity contribution >= 4 is 23.4 Å². The standard InChI is InChI=1S/C17H18F3N3O2S/c1-10-14(11(2)22-16(21-10)26-3)7-8-15(24)23-12-5-4-6-13(9-12)25-17(18,19)20/h4-6,9H,7-8H2,1-3H3,(H,23,24). The second kappa shape index (κ2) is 8.39. The molecule has 2 aromatic rings. The van der Waals surface area contributed by atoms with Crippen LogP contribution in [0.25, 0.3) is 0 Å². The fourth-order valence-corrected chi connectivity index (χ4v) is 2.85. The number of ether oxygens (including phenoxy) is 1. The summed E-state index contributed by atoms with van der Waals surface area (Å²) in [5.74, 6) is -0.704. The fourth-order valence-electron chi connectivity index (χ4n) is 2.39. The molecule has 1 heterocycles. The molecule has 0 unspecified atom stereocenters. The number of rotatable bonds is 6. The van der Waals surface area contributed by atoms with Crippen molar-refractivity contribution in [3.05, 3.63) is 41.2 Å². The van der Waals surface area contributed by atoms with Crippen LogP contribution in [0.4, 0.5) is 18.9 Å². The molecule has 140 valence electrons. The number of amides is 1. The molecule has 0 aliphatic heterocycles. The predicted molar refractivity (Wildman–Crippen MR) is 93.4 cm³/mol. The van der Waals surface area contributed by atoms with Gasteiger partial charge in [-0.05, 0) is 44.2 Å². The lowest BCUT2D eigenvalue weighted by atomic mass is 10.1. The molecule has 0 radical (unpaired) electrons. The summed E-state index contributed by atoms with van der Waals surface area (Å²) in [7, 11) is 0. The quantitative estimate of drug-likeness (QED) is 0.594. The van der Waals surface area contributed by atoms with Crippen LogP contribution >= 0.6 is 11.8 Å². The molecule has 9 heteroatoms. The predicted octanol–water partition coefficient (Wildman–Crippen LogP) is 4.29. The lowest BCUT2D eigenvalue weighted by Gasteiger charge is -2.12. The van der Waals surface area contributed by atoms with E-state index in [9.17, 15) is 18.0 Å². The number of carbonyl (C=O) groups excluding carboxylic acids is 1. The summed E-state index contributed by atoms with van der Waals surface area (Å²) in [5, 5.41) is 3.24. The maximum absolute atomic E-state index is 12.3. The normalized spacial score (nSPS) is 11.3. The van der Waals surface area contributed by atoms with E-state index in [2.05, 4.69) is 20.0 Å². The van der Waals surface area contributed by atoms with Gasteiger partial charge in [-0.1, -0.05) is 17.8 Å². The van der Waals surface area contributed by atoms with E-state index >= 15 is 0 Å². The van der Waals surface area contributed by atoms with Crippen molar-refractivity contribution in [2.24, 2.45) is 0 Å². The number of aromatic nitrogens is 2. The van der Waals surface area contributed by atoms with E-state index in [4.69, 9.17) is 0 Å². The number of halogens is 3. The molecule has 0 saturated heterocycles. The minimum absolute atomic E-state index is 0.161. The fraction of sp³-hybridized carbons (Fsp3) is 0.353. The van der Waals surface area contributed by atoms with Crippen LogP contribution in [0.1, 0.15) is 23.4 Å². The van der Waals surface area contributed by atoms with E-state index < -0.39 is 6.36 Å². The number of hydrogen-bond donors (Lipinski definition) is 1. The summed E-state index contributed by atoms with van der Waals surface area (Å²) in [6, 6.07) is 5.16. The number of nitrogens with one attached hydrogen (secondary N) is 1. The summed E-state index contributed by atoms with van der Waals surface area (Å²) in [6.07, 6.45) is -2.29. The third-order valence-corrected chi connectivity index (χ3v) is 4.08. The van der Waals surface area contributed by atoms with Crippen LogP contribution in [0, 0.1) is 13.8 Å². The highest BCUT2D eigenvalue weighted by molar-refractivity contribution is 7.98.